The number of carbonyl (C=O) groups is 1. The molecule has 3 aromatic rings. The number of benzene rings is 1. The summed E-state index contributed by atoms with van der Waals surface area (Å²) in [6.45, 7) is 12.0. The number of rotatable bonds is 10. The Morgan fingerprint density at radius 3 is 2.64 bits per heavy atom. The maximum atomic E-state index is 12.6. The standard InChI is InChI=1S/C27H30N6O2.2C2H6/c1-2-3-10-30-17-21(15-28)27(34)33-22-6-4-5-19(14-22)16-31-26-23-9-13-35-25(23)24(18-32-26)20-7-11-29-12-8-20;2*1-2/h4-8,11-12,14-15,17-18H,2-3,9-10,13,16,28H2,1H3,(H,31,32)(H,33,34);2*1-2H3/b21-15+,30-17?;;. The summed E-state index contributed by atoms with van der Waals surface area (Å²) in [7, 11) is 0. The minimum absolute atomic E-state index is 0.291. The van der Waals surface area contributed by atoms with Crippen LogP contribution in [0.3, 0.4) is 0 Å². The van der Waals surface area contributed by atoms with Crippen LogP contribution in [-0.2, 0) is 17.8 Å². The predicted octanol–water partition coefficient (Wildman–Crippen LogP) is 6.40. The van der Waals surface area contributed by atoms with Crippen LogP contribution in [0.2, 0.25) is 0 Å². The monoisotopic (exact) mass is 530 g/mol. The van der Waals surface area contributed by atoms with Crippen LogP contribution in [0.25, 0.3) is 11.1 Å². The molecule has 1 aliphatic heterocycles. The van der Waals surface area contributed by atoms with E-state index in [1.165, 1.54) is 12.4 Å². The van der Waals surface area contributed by atoms with Crippen molar-refractivity contribution in [1.29, 1.82) is 0 Å². The number of fused-ring (bicyclic) bond motifs is 1. The number of ether oxygens (including phenoxy) is 1. The summed E-state index contributed by atoms with van der Waals surface area (Å²) in [6, 6.07) is 11.6. The Morgan fingerprint density at radius 2 is 1.92 bits per heavy atom. The summed E-state index contributed by atoms with van der Waals surface area (Å²) in [5.41, 5.74) is 10.7. The Morgan fingerprint density at radius 1 is 1.15 bits per heavy atom. The van der Waals surface area contributed by atoms with Crippen molar-refractivity contribution < 1.29 is 9.53 Å². The van der Waals surface area contributed by atoms with E-state index in [0.29, 0.717) is 31.0 Å². The molecule has 0 fully saturated rings. The zero-order chi connectivity index (χ0) is 28.5. The summed E-state index contributed by atoms with van der Waals surface area (Å²) in [6.07, 6.45) is 11.0. The molecule has 208 valence electrons. The second-order valence-electron chi connectivity index (χ2n) is 8.18. The quantitative estimate of drug-likeness (QED) is 0.159. The van der Waals surface area contributed by atoms with Crippen molar-refractivity contribution in [3.05, 3.63) is 77.9 Å². The number of pyridine rings is 2. The van der Waals surface area contributed by atoms with Crippen molar-refractivity contribution in [3.63, 3.8) is 0 Å². The van der Waals surface area contributed by atoms with E-state index in [2.05, 4.69) is 32.5 Å². The van der Waals surface area contributed by atoms with Crippen molar-refractivity contribution in [2.75, 3.05) is 23.8 Å². The molecule has 4 rings (SSSR count). The van der Waals surface area contributed by atoms with Crippen LogP contribution in [0.1, 0.15) is 58.6 Å². The maximum absolute atomic E-state index is 12.6. The molecule has 4 N–H and O–H groups in total. The van der Waals surface area contributed by atoms with E-state index in [4.69, 9.17) is 10.5 Å². The van der Waals surface area contributed by atoms with Crippen LogP contribution in [0.5, 0.6) is 5.75 Å². The Labute approximate surface area is 232 Å². The molecule has 1 aliphatic rings. The number of aromatic nitrogens is 2. The Balaban J connectivity index is 0.00000127. The normalized spacial score (nSPS) is 11.9. The van der Waals surface area contributed by atoms with E-state index in [1.54, 1.807) is 12.4 Å². The number of hydrogen-bond acceptors (Lipinski definition) is 7. The van der Waals surface area contributed by atoms with Gasteiger partial charge in [0.25, 0.3) is 5.91 Å². The van der Waals surface area contributed by atoms with Gasteiger partial charge in [0.2, 0.25) is 0 Å². The highest BCUT2D eigenvalue weighted by Gasteiger charge is 2.22. The van der Waals surface area contributed by atoms with Gasteiger partial charge < -0.3 is 21.1 Å². The minimum atomic E-state index is -0.291. The summed E-state index contributed by atoms with van der Waals surface area (Å²) in [4.78, 5) is 25.6. The van der Waals surface area contributed by atoms with Crippen LogP contribution in [0.4, 0.5) is 11.5 Å². The number of aliphatic imine (C=N–C) groups is 1. The van der Waals surface area contributed by atoms with Gasteiger partial charge in [0.1, 0.15) is 11.6 Å². The topological polar surface area (TPSA) is 115 Å². The van der Waals surface area contributed by atoms with Gasteiger partial charge in [-0.25, -0.2) is 4.98 Å². The van der Waals surface area contributed by atoms with Crippen molar-refractivity contribution in [3.8, 4) is 16.9 Å². The van der Waals surface area contributed by atoms with Gasteiger partial charge in [0.15, 0.2) is 0 Å². The van der Waals surface area contributed by atoms with E-state index in [-0.39, 0.29) is 5.91 Å². The maximum Gasteiger partial charge on any atom is 0.258 e. The fourth-order valence-corrected chi connectivity index (χ4v) is 3.81. The van der Waals surface area contributed by atoms with Gasteiger partial charge in [-0.15, -0.1) is 0 Å². The number of nitrogens with two attached hydrogens (primary N) is 1. The number of carbonyl (C=O) groups excluding carboxylic acids is 1. The molecule has 3 heterocycles. The second-order valence-corrected chi connectivity index (χ2v) is 8.18. The van der Waals surface area contributed by atoms with Crippen LogP contribution in [-0.4, -0.2) is 35.2 Å². The van der Waals surface area contributed by atoms with E-state index in [1.807, 2.05) is 70.3 Å². The molecule has 2 aromatic heterocycles. The van der Waals surface area contributed by atoms with Crippen molar-refractivity contribution >= 4 is 23.6 Å². The van der Waals surface area contributed by atoms with Crippen LogP contribution in [0, 0.1) is 0 Å². The Bertz CT molecular complexity index is 1230. The molecule has 0 saturated carbocycles. The number of amides is 1. The molecule has 0 atom stereocenters. The van der Waals surface area contributed by atoms with Gasteiger partial charge in [0.05, 0.1) is 12.2 Å². The molecule has 0 spiro atoms. The zero-order valence-electron chi connectivity index (χ0n) is 23.8. The molecule has 0 aliphatic carbocycles. The summed E-state index contributed by atoms with van der Waals surface area (Å²) >= 11 is 0. The SMILES string of the molecule is CC.CC.CCCCN=C/C(=C\N)C(=O)Nc1cccc(CNc2ncc(-c3ccncc3)c3c2CCO3)c1. The number of hydrogen-bond donors (Lipinski definition) is 3. The number of unbranched alkanes of at least 4 members (excludes halogenated alkanes) is 1. The second kappa shape index (κ2) is 17.3. The highest BCUT2D eigenvalue weighted by molar-refractivity contribution is 6.17. The zero-order valence-corrected chi connectivity index (χ0v) is 23.8. The predicted molar refractivity (Wildman–Crippen MR) is 162 cm³/mol. The molecule has 39 heavy (non-hydrogen) atoms. The summed E-state index contributed by atoms with van der Waals surface area (Å²) in [5.74, 6) is 1.39. The fourth-order valence-electron chi connectivity index (χ4n) is 3.81. The first kappa shape index (κ1) is 31.0. The molecule has 0 radical (unpaired) electrons. The van der Waals surface area contributed by atoms with Gasteiger partial charge in [-0.3, -0.25) is 14.8 Å². The van der Waals surface area contributed by atoms with Gasteiger partial charge in [-0.05, 0) is 41.8 Å². The van der Waals surface area contributed by atoms with Gasteiger partial charge in [0, 0.05) is 67.3 Å². The molecule has 8 nitrogen and oxygen atoms in total. The molecule has 0 saturated heterocycles. The highest BCUT2D eigenvalue weighted by Crippen LogP contribution is 2.39. The largest absolute Gasteiger partial charge is 0.492 e. The van der Waals surface area contributed by atoms with Crippen LogP contribution >= 0.6 is 0 Å². The first-order valence-electron chi connectivity index (χ1n) is 13.8. The lowest BCUT2D eigenvalue weighted by Gasteiger charge is -2.13. The lowest BCUT2D eigenvalue weighted by Crippen LogP contribution is -2.17. The van der Waals surface area contributed by atoms with Gasteiger partial charge in [-0.2, -0.15) is 0 Å². The minimum Gasteiger partial charge on any atom is -0.492 e. The third kappa shape index (κ3) is 8.95. The fraction of sp³-hybridized carbons (Fsp3) is 0.355. The third-order valence-corrected chi connectivity index (χ3v) is 5.67. The molecular weight excluding hydrogens is 488 g/mol. The van der Waals surface area contributed by atoms with E-state index >= 15 is 0 Å². The van der Waals surface area contributed by atoms with Crippen LogP contribution in [0.15, 0.2) is 71.8 Å². The summed E-state index contributed by atoms with van der Waals surface area (Å²) in [5, 5.41) is 6.32. The Hall–Kier alpha value is -4.20. The average molecular weight is 531 g/mol. The number of anilines is 2. The Kier molecular flexibility index (Phi) is 13.8. The molecule has 0 bridgehead atoms. The van der Waals surface area contributed by atoms with Gasteiger partial charge >= 0.3 is 0 Å². The number of nitrogens with zero attached hydrogens (tertiary/aromatic N) is 3. The van der Waals surface area contributed by atoms with E-state index in [0.717, 1.165) is 53.1 Å². The molecule has 1 amide bonds. The van der Waals surface area contributed by atoms with Crippen molar-refractivity contribution in [2.24, 2.45) is 10.7 Å². The molecule has 8 heteroatoms. The third-order valence-electron chi connectivity index (χ3n) is 5.67. The lowest BCUT2D eigenvalue weighted by molar-refractivity contribution is -0.112. The number of nitrogens with one attached hydrogen (secondary N) is 2. The van der Waals surface area contributed by atoms with Crippen molar-refractivity contribution in [2.45, 2.75) is 60.4 Å². The van der Waals surface area contributed by atoms with Gasteiger partial charge in [-0.1, -0.05) is 53.2 Å². The molecule has 0 unspecified atom stereocenters. The van der Waals surface area contributed by atoms with Crippen LogP contribution < -0.4 is 21.1 Å². The van der Waals surface area contributed by atoms with E-state index < -0.39 is 0 Å². The first-order chi connectivity index (χ1) is 19.2. The average Bonchev–Trinajstić information content (AvgIpc) is 3.49. The lowest BCUT2D eigenvalue weighted by atomic mass is 10.0. The smallest absolute Gasteiger partial charge is 0.258 e. The highest BCUT2D eigenvalue weighted by atomic mass is 16.5. The van der Waals surface area contributed by atoms with E-state index in [9.17, 15) is 4.79 Å². The molecular formula is C31H42N6O2. The summed E-state index contributed by atoms with van der Waals surface area (Å²) < 4.78 is 5.94. The first-order valence-corrected chi connectivity index (χ1v) is 13.8. The van der Waals surface area contributed by atoms with Crippen molar-refractivity contribution in [1.82, 2.24) is 9.97 Å². The molecule has 1 aromatic carbocycles.